The highest BCUT2D eigenvalue weighted by Gasteiger charge is 2.24. The fraction of sp³-hybridized carbons (Fsp3) is 0.316. The summed E-state index contributed by atoms with van der Waals surface area (Å²) in [7, 11) is -3.39. The molecule has 1 aromatic carbocycles. The van der Waals surface area contributed by atoms with E-state index in [-0.39, 0.29) is 5.16 Å². The van der Waals surface area contributed by atoms with Gasteiger partial charge in [-0.1, -0.05) is 35.5 Å². The molecule has 0 atom stereocenters. The summed E-state index contributed by atoms with van der Waals surface area (Å²) in [6.45, 7) is 4.10. The minimum atomic E-state index is -3.39. The molecule has 0 amide bonds. The van der Waals surface area contributed by atoms with Crippen LogP contribution in [0.25, 0.3) is 11.3 Å². The zero-order valence-corrected chi connectivity index (χ0v) is 16.0. The van der Waals surface area contributed by atoms with Crippen molar-refractivity contribution in [2.45, 2.75) is 31.6 Å². The summed E-state index contributed by atoms with van der Waals surface area (Å²) < 4.78 is 28.9. The second-order valence-corrected chi connectivity index (χ2v) is 8.71. The van der Waals surface area contributed by atoms with Crippen LogP contribution in [-0.2, 0) is 29.3 Å². The molecule has 0 saturated carbocycles. The van der Waals surface area contributed by atoms with E-state index in [1.165, 1.54) is 0 Å². The van der Waals surface area contributed by atoms with Gasteiger partial charge >= 0.3 is 0 Å². The van der Waals surface area contributed by atoms with Gasteiger partial charge in [-0.3, -0.25) is 4.90 Å². The van der Waals surface area contributed by atoms with Crippen LogP contribution in [0.15, 0.2) is 46.2 Å². The van der Waals surface area contributed by atoms with E-state index in [2.05, 4.69) is 20.0 Å². The molecule has 0 radical (unpaired) electrons. The van der Waals surface area contributed by atoms with E-state index in [0.717, 1.165) is 46.6 Å². The van der Waals surface area contributed by atoms with Crippen LogP contribution in [0.5, 0.6) is 0 Å². The van der Waals surface area contributed by atoms with Gasteiger partial charge in [0.1, 0.15) is 0 Å². The number of rotatable bonds is 4. The van der Waals surface area contributed by atoms with Crippen LogP contribution in [0.3, 0.4) is 0 Å². The molecule has 3 heterocycles. The van der Waals surface area contributed by atoms with Gasteiger partial charge in [0.15, 0.2) is 5.76 Å². The zero-order valence-electron chi connectivity index (χ0n) is 15.2. The standard InChI is InChI=1S/C19H20N4O3S/c1-13-16(18(26-22-13)14-6-4-3-5-7-14)12-23-9-8-17-15(11-23)10-20-19(21-17)27(2,24)25/h3-7,10H,8-9,11-12H2,1-2H3. The maximum absolute atomic E-state index is 11.7. The Hall–Kier alpha value is -2.58. The van der Waals surface area contributed by atoms with Crippen molar-refractivity contribution in [3.05, 3.63) is 59.0 Å². The van der Waals surface area contributed by atoms with Crippen LogP contribution in [-0.4, -0.2) is 41.2 Å². The summed E-state index contributed by atoms with van der Waals surface area (Å²) in [6, 6.07) is 9.94. The summed E-state index contributed by atoms with van der Waals surface area (Å²) >= 11 is 0. The summed E-state index contributed by atoms with van der Waals surface area (Å²) in [4.78, 5) is 10.5. The largest absolute Gasteiger partial charge is 0.356 e. The highest BCUT2D eigenvalue weighted by Crippen LogP contribution is 2.28. The molecule has 0 bridgehead atoms. The quantitative estimate of drug-likeness (QED) is 0.638. The summed E-state index contributed by atoms with van der Waals surface area (Å²) in [6.07, 6.45) is 3.44. The fourth-order valence-electron chi connectivity index (χ4n) is 3.28. The number of sulfone groups is 1. The van der Waals surface area contributed by atoms with Crippen molar-refractivity contribution in [2.24, 2.45) is 0 Å². The molecule has 1 aliphatic heterocycles. The van der Waals surface area contributed by atoms with Gasteiger partial charge in [-0.2, -0.15) is 0 Å². The summed E-state index contributed by atoms with van der Waals surface area (Å²) in [5.74, 6) is 0.794. The number of aromatic nitrogens is 3. The molecule has 8 heteroatoms. The van der Waals surface area contributed by atoms with Crippen molar-refractivity contribution in [2.75, 3.05) is 12.8 Å². The third kappa shape index (κ3) is 3.63. The van der Waals surface area contributed by atoms with Gasteiger partial charge in [0.05, 0.1) is 11.4 Å². The van der Waals surface area contributed by atoms with E-state index in [1.807, 2.05) is 37.3 Å². The van der Waals surface area contributed by atoms with Gasteiger partial charge in [0.25, 0.3) is 0 Å². The minimum absolute atomic E-state index is 0.101. The van der Waals surface area contributed by atoms with Crippen molar-refractivity contribution in [1.29, 1.82) is 0 Å². The predicted molar refractivity (Wildman–Crippen MR) is 99.6 cm³/mol. The van der Waals surface area contributed by atoms with Crippen LogP contribution >= 0.6 is 0 Å². The number of nitrogens with zero attached hydrogens (tertiary/aromatic N) is 4. The van der Waals surface area contributed by atoms with Crippen LogP contribution in [0.4, 0.5) is 0 Å². The lowest BCUT2D eigenvalue weighted by molar-refractivity contribution is 0.241. The Labute approximate surface area is 158 Å². The second-order valence-electron chi connectivity index (χ2n) is 6.80. The molecule has 1 aliphatic rings. The second kappa shape index (κ2) is 6.86. The van der Waals surface area contributed by atoms with E-state index >= 15 is 0 Å². The Morgan fingerprint density at radius 1 is 1.22 bits per heavy atom. The van der Waals surface area contributed by atoms with Gasteiger partial charge in [-0.25, -0.2) is 18.4 Å². The van der Waals surface area contributed by atoms with E-state index in [1.54, 1.807) is 6.20 Å². The van der Waals surface area contributed by atoms with E-state index < -0.39 is 9.84 Å². The topological polar surface area (TPSA) is 89.2 Å². The first-order valence-electron chi connectivity index (χ1n) is 8.69. The van der Waals surface area contributed by atoms with E-state index in [9.17, 15) is 8.42 Å². The highest BCUT2D eigenvalue weighted by molar-refractivity contribution is 7.90. The molecule has 0 unspecified atom stereocenters. The molecule has 0 saturated heterocycles. The summed E-state index contributed by atoms with van der Waals surface area (Å²) in [5.41, 5.74) is 4.73. The Balaban J connectivity index is 1.57. The lowest BCUT2D eigenvalue weighted by Gasteiger charge is -2.27. The molecular formula is C19H20N4O3S. The smallest absolute Gasteiger partial charge is 0.246 e. The molecule has 0 aliphatic carbocycles. The van der Waals surface area contributed by atoms with Crippen LogP contribution < -0.4 is 0 Å². The average Bonchev–Trinajstić information content (AvgIpc) is 3.02. The maximum Gasteiger partial charge on any atom is 0.246 e. The average molecular weight is 384 g/mol. The number of aryl methyl sites for hydroxylation is 1. The Bertz CT molecular complexity index is 1080. The van der Waals surface area contributed by atoms with Gasteiger partial charge in [0, 0.05) is 55.2 Å². The third-order valence-electron chi connectivity index (χ3n) is 4.72. The molecule has 2 aromatic heterocycles. The van der Waals surface area contributed by atoms with Crippen molar-refractivity contribution in [1.82, 2.24) is 20.0 Å². The van der Waals surface area contributed by atoms with E-state index in [4.69, 9.17) is 4.52 Å². The highest BCUT2D eigenvalue weighted by atomic mass is 32.2. The molecule has 27 heavy (non-hydrogen) atoms. The normalized spacial score (nSPS) is 14.9. The maximum atomic E-state index is 11.7. The number of hydrogen-bond acceptors (Lipinski definition) is 7. The van der Waals surface area contributed by atoms with Crippen molar-refractivity contribution in [3.63, 3.8) is 0 Å². The molecule has 7 nitrogen and oxygen atoms in total. The molecule has 4 rings (SSSR count). The molecule has 3 aromatic rings. The monoisotopic (exact) mass is 384 g/mol. The SMILES string of the molecule is Cc1noc(-c2ccccc2)c1CN1CCc2nc(S(C)(=O)=O)ncc2C1. The molecular weight excluding hydrogens is 364 g/mol. The Morgan fingerprint density at radius 2 is 2.00 bits per heavy atom. The Morgan fingerprint density at radius 3 is 2.74 bits per heavy atom. The fourth-order valence-corrected chi connectivity index (χ4v) is 3.80. The molecule has 0 N–H and O–H groups in total. The first kappa shape index (κ1) is 17.8. The summed E-state index contributed by atoms with van der Waals surface area (Å²) in [5, 5.41) is 4.05. The first-order valence-corrected chi connectivity index (χ1v) is 10.6. The van der Waals surface area contributed by atoms with Crippen LogP contribution in [0, 0.1) is 6.92 Å². The van der Waals surface area contributed by atoms with Crippen molar-refractivity contribution < 1.29 is 12.9 Å². The van der Waals surface area contributed by atoms with Gasteiger partial charge in [-0.05, 0) is 6.92 Å². The number of hydrogen-bond donors (Lipinski definition) is 0. The zero-order chi connectivity index (χ0) is 19.0. The van der Waals surface area contributed by atoms with Gasteiger partial charge in [-0.15, -0.1) is 0 Å². The van der Waals surface area contributed by atoms with Gasteiger partial charge in [0.2, 0.25) is 15.0 Å². The number of fused-ring (bicyclic) bond motifs is 1. The van der Waals surface area contributed by atoms with Crippen molar-refractivity contribution >= 4 is 9.84 Å². The lowest BCUT2D eigenvalue weighted by Crippen LogP contribution is -2.31. The molecule has 140 valence electrons. The number of benzene rings is 1. The van der Waals surface area contributed by atoms with Crippen molar-refractivity contribution in [3.8, 4) is 11.3 Å². The lowest BCUT2D eigenvalue weighted by atomic mass is 10.0. The minimum Gasteiger partial charge on any atom is -0.356 e. The Kier molecular flexibility index (Phi) is 4.53. The van der Waals surface area contributed by atoms with Gasteiger partial charge < -0.3 is 4.52 Å². The first-order chi connectivity index (χ1) is 12.9. The van der Waals surface area contributed by atoms with E-state index in [0.29, 0.717) is 19.5 Å². The molecule has 0 spiro atoms. The predicted octanol–water partition coefficient (Wildman–Crippen LogP) is 2.40. The van der Waals surface area contributed by atoms with Crippen LogP contribution in [0.2, 0.25) is 0 Å². The molecule has 0 fully saturated rings. The van der Waals surface area contributed by atoms with Crippen LogP contribution in [0.1, 0.15) is 22.5 Å². The third-order valence-corrected chi connectivity index (χ3v) is 5.58.